The fourth-order valence-electron chi connectivity index (χ4n) is 3.61. The van der Waals surface area contributed by atoms with Crippen molar-refractivity contribution in [2.24, 2.45) is 16.8 Å². The number of nitrogens with zero attached hydrogens (tertiary/aromatic N) is 2. The van der Waals surface area contributed by atoms with Gasteiger partial charge in [-0.2, -0.15) is 0 Å². The molecule has 2 rings (SSSR count). The van der Waals surface area contributed by atoms with Crippen molar-refractivity contribution in [1.29, 1.82) is 0 Å². The lowest BCUT2D eigenvalue weighted by atomic mass is 9.97. The molecule has 1 aliphatic rings. The highest BCUT2D eigenvalue weighted by atomic mass is 127. The van der Waals surface area contributed by atoms with Gasteiger partial charge in [0.2, 0.25) is 0 Å². The molecule has 1 heterocycles. The fraction of sp³-hybridized carbons (Fsp3) is 0.667. The number of aryl methyl sites for hydroxylation is 1. The molecule has 0 saturated carbocycles. The van der Waals surface area contributed by atoms with Gasteiger partial charge in [0, 0.05) is 33.2 Å². The first-order valence-corrected chi connectivity index (χ1v) is 9.88. The summed E-state index contributed by atoms with van der Waals surface area (Å²) in [6.07, 6.45) is 4.88. The minimum atomic E-state index is 0. The zero-order chi connectivity index (χ0) is 17.9. The molecule has 1 aromatic rings. The quantitative estimate of drug-likeness (QED) is 0.262. The zero-order valence-corrected chi connectivity index (χ0v) is 19.0. The van der Waals surface area contributed by atoms with Crippen LogP contribution in [0.25, 0.3) is 0 Å². The van der Waals surface area contributed by atoms with Crippen LogP contribution in [-0.2, 0) is 6.42 Å². The molecular formula is C21H37IN4. The minimum Gasteiger partial charge on any atom is -0.356 e. The van der Waals surface area contributed by atoms with Gasteiger partial charge in [-0.25, -0.2) is 0 Å². The van der Waals surface area contributed by atoms with Crippen LogP contribution in [0.1, 0.15) is 38.7 Å². The van der Waals surface area contributed by atoms with Gasteiger partial charge in [0.15, 0.2) is 5.96 Å². The zero-order valence-electron chi connectivity index (χ0n) is 16.7. The third kappa shape index (κ3) is 9.21. The largest absolute Gasteiger partial charge is 0.356 e. The molecule has 0 bridgehead atoms. The minimum absolute atomic E-state index is 0. The van der Waals surface area contributed by atoms with Gasteiger partial charge in [0.25, 0.3) is 0 Å². The van der Waals surface area contributed by atoms with Crippen LogP contribution in [0.3, 0.4) is 0 Å². The Kier molecular flexibility index (Phi) is 11.9. The van der Waals surface area contributed by atoms with Crippen LogP contribution in [0.5, 0.6) is 0 Å². The predicted octanol–water partition coefficient (Wildman–Crippen LogP) is 3.77. The van der Waals surface area contributed by atoms with Crippen LogP contribution in [-0.4, -0.2) is 50.6 Å². The Morgan fingerprint density at radius 2 is 2.00 bits per heavy atom. The molecule has 2 N–H and O–H groups in total. The number of guanidine groups is 1. The van der Waals surface area contributed by atoms with Crippen molar-refractivity contribution in [2.45, 2.75) is 39.5 Å². The van der Waals surface area contributed by atoms with E-state index in [1.807, 2.05) is 7.05 Å². The van der Waals surface area contributed by atoms with Gasteiger partial charge >= 0.3 is 0 Å². The molecule has 26 heavy (non-hydrogen) atoms. The van der Waals surface area contributed by atoms with Crippen LogP contribution >= 0.6 is 24.0 Å². The second-order valence-corrected chi connectivity index (χ2v) is 7.63. The summed E-state index contributed by atoms with van der Waals surface area (Å²) in [4.78, 5) is 6.99. The molecule has 0 aromatic heterocycles. The Hall–Kier alpha value is -0.820. The highest BCUT2D eigenvalue weighted by Crippen LogP contribution is 2.16. The molecule has 5 heteroatoms. The molecule has 1 aromatic carbocycles. The molecule has 1 atom stereocenters. The van der Waals surface area contributed by atoms with Crippen molar-refractivity contribution >= 4 is 29.9 Å². The number of benzene rings is 1. The molecule has 1 saturated heterocycles. The van der Waals surface area contributed by atoms with Gasteiger partial charge < -0.3 is 15.5 Å². The lowest BCUT2D eigenvalue weighted by Crippen LogP contribution is -2.45. The second kappa shape index (κ2) is 13.4. The third-order valence-corrected chi connectivity index (χ3v) is 4.79. The van der Waals surface area contributed by atoms with E-state index in [1.54, 1.807) is 0 Å². The fourth-order valence-corrected chi connectivity index (χ4v) is 3.61. The highest BCUT2D eigenvalue weighted by molar-refractivity contribution is 14.0. The van der Waals surface area contributed by atoms with Gasteiger partial charge in [0.05, 0.1) is 0 Å². The molecule has 1 fully saturated rings. The van der Waals surface area contributed by atoms with Gasteiger partial charge in [-0.15, -0.1) is 24.0 Å². The van der Waals surface area contributed by atoms with Crippen molar-refractivity contribution in [3.05, 3.63) is 35.9 Å². The van der Waals surface area contributed by atoms with Crippen molar-refractivity contribution in [3.8, 4) is 0 Å². The van der Waals surface area contributed by atoms with E-state index in [0.717, 1.165) is 43.7 Å². The average Bonchev–Trinajstić information content (AvgIpc) is 2.62. The number of aliphatic imine (C=N–C) groups is 1. The van der Waals surface area contributed by atoms with E-state index in [9.17, 15) is 0 Å². The van der Waals surface area contributed by atoms with E-state index in [0.29, 0.717) is 0 Å². The van der Waals surface area contributed by atoms with E-state index in [4.69, 9.17) is 0 Å². The standard InChI is InChI=1S/C21H36N4.HI/c1-18(2)16-25-14-8-12-20(17-25)15-24-21(22-3)23-13-7-11-19-9-5-4-6-10-19;/h4-6,9-10,18,20H,7-8,11-17H2,1-3H3,(H2,22,23,24);1H. The van der Waals surface area contributed by atoms with Gasteiger partial charge in [-0.05, 0) is 49.6 Å². The molecule has 0 spiro atoms. The second-order valence-electron chi connectivity index (χ2n) is 7.63. The number of piperidine rings is 1. The maximum absolute atomic E-state index is 4.37. The third-order valence-electron chi connectivity index (χ3n) is 4.79. The number of likely N-dealkylation sites (tertiary alicyclic amines) is 1. The Balaban J connectivity index is 0.00000338. The summed E-state index contributed by atoms with van der Waals surface area (Å²) in [6, 6.07) is 10.7. The molecule has 0 aliphatic carbocycles. The number of hydrogen-bond donors (Lipinski definition) is 2. The maximum Gasteiger partial charge on any atom is 0.190 e. The summed E-state index contributed by atoms with van der Waals surface area (Å²) >= 11 is 0. The molecule has 148 valence electrons. The van der Waals surface area contributed by atoms with Gasteiger partial charge in [-0.1, -0.05) is 44.2 Å². The lowest BCUT2D eigenvalue weighted by Gasteiger charge is -2.34. The molecule has 0 radical (unpaired) electrons. The smallest absolute Gasteiger partial charge is 0.190 e. The van der Waals surface area contributed by atoms with Crippen molar-refractivity contribution in [2.75, 3.05) is 39.8 Å². The van der Waals surface area contributed by atoms with E-state index in [2.05, 4.69) is 64.7 Å². The van der Waals surface area contributed by atoms with Crippen LogP contribution in [0, 0.1) is 11.8 Å². The molecule has 1 aliphatic heterocycles. The van der Waals surface area contributed by atoms with Crippen LogP contribution < -0.4 is 10.6 Å². The van der Waals surface area contributed by atoms with Crippen LogP contribution in [0.15, 0.2) is 35.3 Å². The Bertz CT molecular complexity index is 504. The van der Waals surface area contributed by atoms with E-state index in [1.165, 1.54) is 38.0 Å². The summed E-state index contributed by atoms with van der Waals surface area (Å²) < 4.78 is 0. The predicted molar refractivity (Wildman–Crippen MR) is 124 cm³/mol. The van der Waals surface area contributed by atoms with Crippen molar-refractivity contribution in [3.63, 3.8) is 0 Å². The van der Waals surface area contributed by atoms with Crippen molar-refractivity contribution in [1.82, 2.24) is 15.5 Å². The topological polar surface area (TPSA) is 39.7 Å². The molecule has 0 amide bonds. The highest BCUT2D eigenvalue weighted by Gasteiger charge is 2.20. The SMILES string of the molecule is CN=C(NCCCc1ccccc1)NCC1CCCN(CC(C)C)C1.I. The summed E-state index contributed by atoms with van der Waals surface area (Å²) in [5.41, 5.74) is 1.40. The summed E-state index contributed by atoms with van der Waals surface area (Å²) in [5.74, 6) is 2.43. The van der Waals surface area contributed by atoms with Gasteiger partial charge in [-0.3, -0.25) is 4.99 Å². The number of rotatable bonds is 8. The van der Waals surface area contributed by atoms with Crippen LogP contribution in [0.4, 0.5) is 0 Å². The lowest BCUT2D eigenvalue weighted by molar-refractivity contribution is 0.159. The molecule has 1 unspecified atom stereocenters. The number of hydrogen-bond acceptors (Lipinski definition) is 2. The van der Waals surface area contributed by atoms with Gasteiger partial charge in [0.1, 0.15) is 0 Å². The monoisotopic (exact) mass is 472 g/mol. The maximum atomic E-state index is 4.37. The van der Waals surface area contributed by atoms with Crippen LogP contribution in [0.2, 0.25) is 0 Å². The number of halogens is 1. The Morgan fingerprint density at radius 1 is 1.23 bits per heavy atom. The van der Waals surface area contributed by atoms with E-state index < -0.39 is 0 Å². The molecule has 4 nitrogen and oxygen atoms in total. The normalized spacial score (nSPS) is 18.5. The number of nitrogens with one attached hydrogen (secondary N) is 2. The molecular weight excluding hydrogens is 435 g/mol. The van der Waals surface area contributed by atoms with E-state index >= 15 is 0 Å². The summed E-state index contributed by atoms with van der Waals surface area (Å²) in [5, 5.41) is 6.97. The first-order chi connectivity index (χ1) is 12.2. The Morgan fingerprint density at radius 3 is 2.69 bits per heavy atom. The average molecular weight is 472 g/mol. The summed E-state index contributed by atoms with van der Waals surface area (Å²) in [6.45, 7) is 10.3. The van der Waals surface area contributed by atoms with E-state index in [-0.39, 0.29) is 24.0 Å². The van der Waals surface area contributed by atoms with Crippen molar-refractivity contribution < 1.29 is 0 Å². The first kappa shape index (κ1) is 23.2. The summed E-state index contributed by atoms with van der Waals surface area (Å²) in [7, 11) is 1.86. The first-order valence-electron chi connectivity index (χ1n) is 9.88. The Labute approximate surface area is 177 Å².